The van der Waals surface area contributed by atoms with Crippen LogP contribution in [0.5, 0.6) is 0 Å². The molecule has 0 unspecified atom stereocenters. The van der Waals surface area contributed by atoms with Gasteiger partial charge in [0.25, 0.3) is 0 Å². The topological polar surface area (TPSA) is 58.2 Å². The highest BCUT2D eigenvalue weighted by Crippen LogP contribution is 2.20. The predicted molar refractivity (Wildman–Crippen MR) is 44.4 cm³/mol. The second-order valence-corrected chi connectivity index (χ2v) is 4.08. The van der Waals surface area contributed by atoms with Gasteiger partial charge in [0.2, 0.25) is 11.8 Å². The van der Waals surface area contributed by atoms with Gasteiger partial charge in [0.05, 0.1) is 6.54 Å². The van der Waals surface area contributed by atoms with E-state index in [2.05, 4.69) is 10.6 Å². The first-order valence-corrected chi connectivity index (χ1v) is 3.98. The van der Waals surface area contributed by atoms with E-state index < -0.39 is 6.04 Å². The summed E-state index contributed by atoms with van der Waals surface area (Å²) in [7, 11) is 0. The Balaban J connectivity index is 2.74. The fourth-order valence-corrected chi connectivity index (χ4v) is 1.16. The zero-order valence-electron chi connectivity index (χ0n) is 7.60. The summed E-state index contributed by atoms with van der Waals surface area (Å²) < 4.78 is 0. The third-order valence-electron chi connectivity index (χ3n) is 1.86. The van der Waals surface area contributed by atoms with Crippen molar-refractivity contribution in [1.29, 1.82) is 0 Å². The molecule has 0 spiro atoms. The predicted octanol–water partition coefficient (Wildman–Crippen LogP) is -0.353. The van der Waals surface area contributed by atoms with Crippen molar-refractivity contribution < 1.29 is 9.59 Å². The molecule has 1 heterocycles. The largest absolute Gasteiger partial charge is 0.345 e. The van der Waals surface area contributed by atoms with Crippen molar-refractivity contribution in [3.05, 3.63) is 0 Å². The minimum absolute atomic E-state index is 0.0953. The molecule has 0 aromatic rings. The van der Waals surface area contributed by atoms with Crippen LogP contribution in [-0.2, 0) is 9.59 Å². The summed E-state index contributed by atoms with van der Waals surface area (Å²) >= 11 is 0. The molecule has 2 amide bonds. The second kappa shape index (κ2) is 2.77. The second-order valence-electron chi connectivity index (χ2n) is 4.08. The normalized spacial score (nSPS) is 24.8. The molecule has 2 N–H and O–H groups in total. The number of hydrogen-bond donors (Lipinski definition) is 2. The third kappa shape index (κ3) is 1.75. The Hall–Kier alpha value is -1.06. The zero-order valence-corrected chi connectivity index (χ0v) is 7.60. The van der Waals surface area contributed by atoms with Gasteiger partial charge in [-0.15, -0.1) is 0 Å². The number of piperazine rings is 1. The van der Waals surface area contributed by atoms with Gasteiger partial charge in [0.1, 0.15) is 6.04 Å². The Morgan fingerprint density at radius 2 is 1.92 bits per heavy atom. The monoisotopic (exact) mass is 170 g/mol. The molecule has 68 valence electrons. The molecule has 12 heavy (non-hydrogen) atoms. The molecule has 1 saturated heterocycles. The highest BCUT2D eigenvalue weighted by molar-refractivity contribution is 5.95. The molecule has 1 aliphatic heterocycles. The van der Waals surface area contributed by atoms with E-state index in [0.717, 1.165) is 0 Å². The van der Waals surface area contributed by atoms with E-state index in [0.29, 0.717) is 0 Å². The fourth-order valence-electron chi connectivity index (χ4n) is 1.16. The molecule has 0 aromatic heterocycles. The maximum absolute atomic E-state index is 11.3. The average molecular weight is 170 g/mol. The number of nitrogens with one attached hydrogen (secondary N) is 2. The molecule has 4 heteroatoms. The number of carbonyl (C=O) groups excluding carboxylic acids is 2. The van der Waals surface area contributed by atoms with Crippen molar-refractivity contribution in [2.45, 2.75) is 26.8 Å². The van der Waals surface area contributed by atoms with E-state index >= 15 is 0 Å². The van der Waals surface area contributed by atoms with Crippen molar-refractivity contribution in [3.63, 3.8) is 0 Å². The molecule has 0 radical (unpaired) electrons. The summed E-state index contributed by atoms with van der Waals surface area (Å²) in [6.45, 7) is 5.86. The molecule has 1 rings (SSSR count). The number of rotatable bonds is 0. The van der Waals surface area contributed by atoms with Crippen molar-refractivity contribution in [3.8, 4) is 0 Å². The van der Waals surface area contributed by atoms with Crippen LogP contribution < -0.4 is 10.6 Å². The first-order valence-electron chi connectivity index (χ1n) is 3.98. The van der Waals surface area contributed by atoms with Gasteiger partial charge >= 0.3 is 0 Å². The fraction of sp³-hybridized carbons (Fsp3) is 0.750. The number of hydrogen-bond acceptors (Lipinski definition) is 2. The molecule has 1 fully saturated rings. The third-order valence-corrected chi connectivity index (χ3v) is 1.86. The molecule has 0 aliphatic carbocycles. The van der Waals surface area contributed by atoms with E-state index in [9.17, 15) is 9.59 Å². The maximum Gasteiger partial charge on any atom is 0.243 e. The Morgan fingerprint density at radius 3 is 2.33 bits per heavy atom. The lowest BCUT2D eigenvalue weighted by molar-refractivity contribution is -0.136. The number of carbonyl (C=O) groups is 2. The molecule has 0 aromatic carbocycles. The quantitative estimate of drug-likeness (QED) is 0.522. The van der Waals surface area contributed by atoms with Gasteiger partial charge in [-0.25, -0.2) is 0 Å². The summed E-state index contributed by atoms with van der Waals surface area (Å²) in [5.74, 6) is -0.211. The Bertz CT molecular complexity index is 218. The van der Waals surface area contributed by atoms with E-state index in [1.165, 1.54) is 0 Å². The molecule has 0 bridgehead atoms. The Morgan fingerprint density at radius 1 is 1.33 bits per heavy atom. The minimum Gasteiger partial charge on any atom is -0.345 e. The summed E-state index contributed by atoms with van der Waals surface area (Å²) in [6.07, 6.45) is 0. The van der Waals surface area contributed by atoms with Crippen LogP contribution in [0.15, 0.2) is 0 Å². The van der Waals surface area contributed by atoms with Crippen molar-refractivity contribution >= 4 is 11.8 Å². The lowest BCUT2D eigenvalue weighted by atomic mass is 9.85. The smallest absolute Gasteiger partial charge is 0.243 e. The van der Waals surface area contributed by atoms with Gasteiger partial charge in [0, 0.05) is 0 Å². The lowest BCUT2D eigenvalue weighted by Crippen LogP contribution is -2.60. The van der Waals surface area contributed by atoms with Crippen LogP contribution in [0.2, 0.25) is 0 Å². The average Bonchev–Trinajstić information content (AvgIpc) is 1.92. The first-order chi connectivity index (χ1) is 5.41. The van der Waals surface area contributed by atoms with Crippen LogP contribution in [0.4, 0.5) is 0 Å². The molecule has 4 nitrogen and oxygen atoms in total. The van der Waals surface area contributed by atoms with Crippen LogP contribution in [0.25, 0.3) is 0 Å². The van der Waals surface area contributed by atoms with Crippen LogP contribution in [0, 0.1) is 5.41 Å². The highest BCUT2D eigenvalue weighted by atomic mass is 16.2. The van der Waals surface area contributed by atoms with Gasteiger partial charge in [-0.3, -0.25) is 9.59 Å². The highest BCUT2D eigenvalue weighted by Gasteiger charge is 2.35. The number of amides is 2. The van der Waals surface area contributed by atoms with Gasteiger partial charge in [-0.2, -0.15) is 0 Å². The van der Waals surface area contributed by atoms with Gasteiger partial charge in [-0.05, 0) is 5.41 Å². The molecule has 1 atom stereocenters. The van der Waals surface area contributed by atoms with Gasteiger partial charge < -0.3 is 10.6 Å². The van der Waals surface area contributed by atoms with Crippen LogP contribution in [0.3, 0.4) is 0 Å². The molecular weight excluding hydrogens is 156 g/mol. The summed E-state index contributed by atoms with van der Waals surface area (Å²) in [5, 5.41) is 5.19. The molecular formula is C8H14N2O2. The van der Waals surface area contributed by atoms with Gasteiger partial charge in [-0.1, -0.05) is 20.8 Å². The summed E-state index contributed by atoms with van der Waals surface area (Å²) in [6, 6.07) is -0.404. The van der Waals surface area contributed by atoms with Gasteiger partial charge in [0.15, 0.2) is 0 Å². The minimum atomic E-state index is -0.404. The molecule has 1 aliphatic rings. The van der Waals surface area contributed by atoms with E-state index in [1.54, 1.807) is 0 Å². The zero-order chi connectivity index (χ0) is 9.35. The lowest BCUT2D eigenvalue weighted by Gasteiger charge is -2.33. The van der Waals surface area contributed by atoms with Crippen molar-refractivity contribution in [1.82, 2.24) is 10.6 Å². The van der Waals surface area contributed by atoms with Crippen LogP contribution >= 0.6 is 0 Å². The Kier molecular flexibility index (Phi) is 2.08. The maximum atomic E-state index is 11.3. The van der Waals surface area contributed by atoms with Crippen molar-refractivity contribution in [2.75, 3.05) is 6.54 Å². The molecule has 0 saturated carbocycles. The summed E-state index contributed by atoms with van der Waals surface area (Å²) in [4.78, 5) is 22.2. The standard InChI is InChI=1S/C8H14N2O2/c1-8(2,3)6-7(12)9-4-5(11)10-6/h6H,4H2,1-3H3,(H,9,12)(H,10,11)/t6-/m0/s1. The van der Waals surface area contributed by atoms with E-state index in [1.807, 2.05) is 20.8 Å². The summed E-state index contributed by atoms with van der Waals surface area (Å²) in [5.41, 5.74) is -0.222. The Labute approximate surface area is 71.7 Å². The SMILES string of the molecule is CC(C)(C)[C@H]1NC(=O)CNC1=O. The first kappa shape index (κ1) is 9.03. The van der Waals surface area contributed by atoms with Crippen molar-refractivity contribution in [2.24, 2.45) is 5.41 Å². The van der Waals surface area contributed by atoms with E-state index in [-0.39, 0.29) is 23.8 Å². The van der Waals surface area contributed by atoms with Crippen LogP contribution in [-0.4, -0.2) is 24.4 Å². The van der Waals surface area contributed by atoms with Crippen LogP contribution in [0.1, 0.15) is 20.8 Å². The van der Waals surface area contributed by atoms with E-state index in [4.69, 9.17) is 0 Å².